The van der Waals surface area contributed by atoms with Gasteiger partial charge in [0.2, 0.25) is 0 Å². The van der Waals surface area contributed by atoms with Crippen molar-refractivity contribution in [1.29, 1.82) is 0 Å². The quantitative estimate of drug-likeness (QED) is 0.794. The number of nitrogens with zero attached hydrogens (tertiary/aromatic N) is 1. The number of rotatable bonds is 4. The van der Waals surface area contributed by atoms with Crippen LogP contribution in [0.4, 0.5) is 0 Å². The summed E-state index contributed by atoms with van der Waals surface area (Å²) in [5.41, 5.74) is 0. The molecular weight excluding hydrogens is 278 g/mol. The van der Waals surface area contributed by atoms with Crippen molar-refractivity contribution in [1.82, 2.24) is 4.90 Å². The summed E-state index contributed by atoms with van der Waals surface area (Å²) in [6.45, 7) is 4.48. The zero-order valence-corrected chi connectivity index (χ0v) is 11.6. The smallest absolute Gasteiger partial charge is 0.151 e. The maximum atomic E-state index is 11.6. The number of sulfone groups is 1. The van der Waals surface area contributed by atoms with E-state index < -0.39 is 9.84 Å². The van der Waals surface area contributed by atoms with Crippen LogP contribution < -0.4 is 0 Å². The topological polar surface area (TPSA) is 37.4 Å². The molecule has 0 bridgehead atoms. The molecule has 0 radical (unpaired) electrons. The van der Waals surface area contributed by atoms with Gasteiger partial charge in [-0.25, -0.2) is 8.42 Å². The minimum Gasteiger partial charge on any atom is -0.297 e. The molecule has 1 fully saturated rings. The second-order valence-electron chi connectivity index (χ2n) is 4.30. The first-order chi connectivity index (χ1) is 6.82. The molecule has 1 saturated carbocycles. The molecule has 0 saturated heterocycles. The summed E-state index contributed by atoms with van der Waals surface area (Å²) >= 11 is 3.31. The van der Waals surface area contributed by atoms with Gasteiger partial charge in [0, 0.05) is 23.3 Å². The fourth-order valence-corrected chi connectivity index (χ4v) is 4.20. The van der Waals surface area contributed by atoms with Gasteiger partial charge in [0.25, 0.3) is 0 Å². The van der Waals surface area contributed by atoms with Gasteiger partial charge in [-0.15, -0.1) is 0 Å². The van der Waals surface area contributed by atoms with Gasteiger partial charge in [-0.3, -0.25) is 4.90 Å². The first-order valence-corrected chi connectivity index (χ1v) is 7.79. The molecular formula is C10H18BrNO2S. The summed E-state index contributed by atoms with van der Waals surface area (Å²) in [7, 11) is -0.960. The van der Waals surface area contributed by atoms with Crippen molar-refractivity contribution >= 4 is 25.8 Å². The standard InChI is InChI=1S/C10H18BrNO2S/c1-8(11)7-12(2)9-5-4-6-10(9)15(3,13)14/h9-10H,1,4-7H2,2-3H3/t9-,10-/m0/s1. The summed E-state index contributed by atoms with van der Waals surface area (Å²) in [5.74, 6) is 0. The molecule has 1 aliphatic rings. The van der Waals surface area contributed by atoms with Gasteiger partial charge in [0.05, 0.1) is 5.25 Å². The van der Waals surface area contributed by atoms with E-state index in [0.29, 0.717) is 6.54 Å². The molecule has 2 atom stereocenters. The van der Waals surface area contributed by atoms with Crippen molar-refractivity contribution in [3.05, 3.63) is 11.1 Å². The van der Waals surface area contributed by atoms with Gasteiger partial charge in [-0.05, 0) is 19.9 Å². The van der Waals surface area contributed by atoms with Gasteiger partial charge in [0.15, 0.2) is 9.84 Å². The van der Waals surface area contributed by atoms with Crippen LogP contribution in [0.1, 0.15) is 19.3 Å². The summed E-state index contributed by atoms with van der Waals surface area (Å²) in [6.07, 6.45) is 4.10. The highest BCUT2D eigenvalue weighted by atomic mass is 79.9. The normalized spacial score (nSPS) is 27.2. The Labute approximate surface area is 101 Å². The van der Waals surface area contributed by atoms with E-state index in [1.165, 1.54) is 6.26 Å². The van der Waals surface area contributed by atoms with E-state index in [1.807, 2.05) is 7.05 Å². The number of hydrogen-bond acceptors (Lipinski definition) is 3. The van der Waals surface area contributed by atoms with Crippen LogP contribution in [0.2, 0.25) is 0 Å². The van der Waals surface area contributed by atoms with Gasteiger partial charge >= 0.3 is 0 Å². The van der Waals surface area contributed by atoms with Crippen molar-refractivity contribution in [2.75, 3.05) is 19.8 Å². The third-order valence-electron chi connectivity index (χ3n) is 2.95. The molecule has 0 unspecified atom stereocenters. The molecule has 1 rings (SSSR count). The van der Waals surface area contributed by atoms with Crippen LogP contribution in [0.25, 0.3) is 0 Å². The highest BCUT2D eigenvalue weighted by Gasteiger charge is 2.36. The third-order valence-corrected chi connectivity index (χ3v) is 4.86. The predicted molar refractivity (Wildman–Crippen MR) is 67.0 cm³/mol. The molecule has 15 heavy (non-hydrogen) atoms. The molecule has 0 spiro atoms. The fraction of sp³-hybridized carbons (Fsp3) is 0.800. The highest BCUT2D eigenvalue weighted by Crippen LogP contribution is 2.29. The van der Waals surface area contributed by atoms with Gasteiger partial charge in [-0.2, -0.15) is 0 Å². The molecule has 5 heteroatoms. The molecule has 0 aromatic heterocycles. The van der Waals surface area contributed by atoms with Crippen molar-refractivity contribution < 1.29 is 8.42 Å². The van der Waals surface area contributed by atoms with Crippen molar-refractivity contribution in [3.8, 4) is 0 Å². The van der Waals surface area contributed by atoms with Crippen LogP contribution in [0.5, 0.6) is 0 Å². The van der Waals surface area contributed by atoms with Crippen molar-refractivity contribution in [2.45, 2.75) is 30.6 Å². The Morgan fingerprint density at radius 2 is 2.13 bits per heavy atom. The van der Waals surface area contributed by atoms with Crippen LogP contribution in [0.3, 0.4) is 0 Å². The summed E-state index contributed by atoms with van der Waals surface area (Å²) in [6, 6.07) is 0.147. The fourth-order valence-electron chi connectivity index (χ4n) is 2.30. The monoisotopic (exact) mass is 295 g/mol. The van der Waals surface area contributed by atoms with Crippen LogP contribution in [0, 0.1) is 0 Å². The third kappa shape index (κ3) is 3.57. The molecule has 0 aromatic rings. The Bertz CT molecular complexity index is 339. The maximum Gasteiger partial charge on any atom is 0.151 e. The SMILES string of the molecule is C=C(Br)CN(C)[C@H]1CCC[C@@H]1S(C)(=O)=O. The number of likely N-dealkylation sites (N-methyl/N-ethyl adjacent to an activating group) is 1. The average molecular weight is 296 g/mol. The molecule has 88 valence electrons. The lowest BCUT2D eigenvalue weighted by atomic mass is 10.2. The van der Waals surface area contributed by atoms with E-state index >= 15 is 0 Å². The lowest BCUT2D eigenvalue weighted by molar-refractivity contribution is 0.271. The van der Waals surface area contributed by atoms with E-state index in [9.17, 15) is 8.42 Å². The van der Waals surface area contributed by atoms with Gasteiger partial charge in [0.1, 0.15) is 0 Å². The Hall–Kier alpha value is 0.130. The molecule has 0 heterocycles. The Balaban J connectivity index is 2.72. The van der Waals surface area contributed by atoms with Crippen molar-refractivity contribution in [3.63, 3.8) is 0 Å². The summed E-state index contributed by atoms with van der Waals surface area (Å²) in [5, 5.41) is -0.200. The Morgan fingerprint density at radius 1 is 1.53 bits per heavy atom. The minimum absolute atomic E-state index is 0.147. The molecule has 1 aliphatic carbocycles. The van der Waals surface area contributed by atoms with E-state index in [0.717, 1.165) is 23.7 Å². The molecule has 0 aliphatic heterocycles. The van der Waals surface area contributed by atoms with E-state index in [1.54, 1.807) is 0 Å². The number of hydrogen-bond donors (Lipinski definition) is 0. The highest BCUT2D eigenvalue weighted by molar-refractivity contribution is 9.11. The zero-order valence-electron chi connectivity index (χ0n) is 9.24. The lowest BCUT2D eigenvalue weighted by Crippen LogP contribution is -2.41. The van der Waals surface area contributed by atoms with E-state index in [4.69, 9.17) is 0 Å². The molecule has 3 nitrogen and oxygen atoms in total. The first-order valence-electron chi connectivity index (χ1n) is 5.04. The minimum atomic E-state index is -2.92. The predicted octanol–water partition coefficient (Wildman–Crippen LogP) is 1.79. The summed E-state index contributed by atoms with van der Waals surface area (Å²) in [4.78, 5) is 2.08. The largest absolute Gasteiger partial charge is 0.297 e. The first kappa shape index (κ1) is 13.2. The molecule has 0 N–H and O–H groups in total. The zero-order chi connectivity index (χ0) is 11.6. The second-order valence-corrected chi connectivity index (χ2v) is 7.68. The Kier molecular flexibility index (Phi) is 4.38. The summed E-state index contributed by atoms with van der Waals surface area (Å²) < 4.78 is 24.0. The van der Waals surface area contributed by atoms with Crippen LogP contribution in [0.15, 0.2) is 11.1 Å². The maximum absolute atomic E-state index is 11.6. The van der Waals surface area contributed by atoms with Crippen molar-refractivity contribution in [2.24, 2.45) is 0 Å². The van der Waals surface area contributed by atoms with Gasteiger partial charge < -0.3 is 0 Å². The average Bonchev–Trinajstić information content (AvgIpc) is 2.48. The van der Waals surface area contributed by atoms with Gasteiger partial charge in [-0.1, -0.05) is 28.9 Å². The van der Waals surface area contributed by atoms with Crippen LogP contribution in [-0.4, -0.2) is 44.5 Å². The van der Waals surface area contributed by atoms with E-state index in [2.05, 4.69) is 27.4 Å². The Morgan fingerprint density at radius 3 is 2.60 bits per heavy atom. The lowest BCUT2D eigenvalue weighted by Gasteiger charge is -2.28. The number of halogens is 1. The van der Waals surface area contributed by atoms with Crippen LogP contribution >= 0.6 is 15.9 Å². The second kappa shape index (κ2) is 4.97. The molecule has 0 aromatic carbocycles. The van der Waals surface area contributed by atoms with E-state index in [-0.39, 0.29) is 11.3 Å². The van der Waals surface area contributed by atoms with Crippen LogP contribution in [-0.2, 0) is 9.84 Å². The molecule has 0 amide bonds.